The topological polar surface area (TPSA) is 67.6 Å². The number of carbonyl (C=O) groups excluding carboxylic acids is 1. The molecule has 0 bridgehead atoms. The molecule has 3 N–H and O–H groups in total. The van der Waals surface area contributed by atoms with Crippen molar-refractivity contribution in [3.63, 3.8) is 0 Å². The standard InChI is InChI=1S/C13H19N3O2/c1-10(14)11-2-4-12(5-3-11)18-9-8-16-7-6-15-13(16)17/h2-5,10H,6-9,14H2,1H3,(H,15,17)/t10-/m0/s1. The minimum Gasteiger partial charge on any atom is -0.492 e. The van der Waals surface area contributed by atoms with Crippen LogP contribution in [0.2, 0.25) is 0 Å². The van der Waals surface area contributed by atoms with Crippen molar-refractivity contribution in [1.29, 1.82) is 0 Å². The van der Waals surface area contributed by atoms with E-state index < -0.39 is 0 Å². The maximum absolute atomic E-state index is 11.3. The Labute approximate surface area is 107 Å². The van der Waals surface area contributed by atoms with Gasteiger partial charge >= 0.3 is 6.03 Å². The predicted octanol–water partition coefficient (Wildman–Crippen LogP) is 1.11. The van der Waals surface area contributed by atoms with Gasteiger partial charge in [0, 0.05) is 19.1 Å². The van der Waals surface area contributed by atoms with Gasteiger partial charge < -0.3 is 20.7 Å². The highest BCUT2D eigenvalue weighted by Gasteiger charge is 2.18. The predicted molar refractivity (Wildman–Crippen MR) is 69.5 cm³/mol. The van der Waals surface area contributed by atoms with E-state index in [1.165, 1.54) is 0 Å². The van der Waals surface area contributed by atoms with Gasteiger partial charge in [-0.05, 0) is 24.6 Å². The molecule has 0 unspecified atom stereocenters. The van der Waals surface area contributed by atoms with E-state index in [0.29, 0.717) is 13.2 Å². The largest absolute Gasteiger partial charge is 0.492 e. The Morgan fingerprint density at radius 3 is 2.72 bits per heavy atom. The van der Waals surface area contributed by atoms with Crippen LogP contribution in [0.25, 0.3) is 0 Å². The van der Waals surface area contributed by atoms with Crippen molar-refractivity contribution in [3.8, 4) is 5.75 Å². The summed E-state index contributed by atoms with van der Waals surface area (Å²) in [4.78, 5) is 13.0. The number of ether oxygens (including phenoxy) is 1. The molecule has 0 aromatic heterocycles. The molecule has 5 heteroatoms. The van der Waals surface area contributed by atoms with Crippen molar-refractivity contribution in [3.05, 3.63) is 29.8 Å². The Hall–Kier alpha value is -1.75. The van der Waals surface area contributed by atoms with Gasteiger partial charge in [0.2, 0.25) is 0 Å². The van der Waals surface area contributed by atoms with E-state index in [0.717, 1.165) is 24.4 Å². The lowest BCUT2D eigenvalue weighted by atomic mass is 10.1. The van der Waals surface area contributed by atoms with Gasteiger partial charge in [0.15, 0.2) is 0 Å². The van der Waals surface area contributed by atoms with Crippen LogP contribution in [0.4, 0.5) is 4.79 Å². The molecule has 1 aromatic carbocycles. The van der Waals surface area contributed by atoms with Gasteiger partial charge in [0.1, 0.15) is 12.4 Å². The maximum atomic E-state index is 11.3. The third kappa shape index (κ3) is 3.13. The normalized spacial score (nSPS) is 16.6. The zero-order valence-corrected chi connectivity index (χ0v) is 10.6. The molecule has 1 aliphatic rings. The molecule has 1 fully saturated rings. The summed E-state index contributed by atoms with van der Waals surface area (Å²) in [7, 11) is 0. The Balaban J connectivity index is 1.78. The van der Waals surface area contributed by atoms with Crippen LogP contribution in [0.15, 0.2) is 24.3 Å². The van der Waals surface area contributed by atoms with Gasteiger partial charge in [0.05, 0.1) is 6.54 Å². The fourth-order valence-corrected chi connectivity index (χ4v) is 1.87. The third-order valence-corrected chi connectivity index (χ3v) is 2.98. The average Bonchev–Trinajstić information content (AvgIpc) is 2.76. The molecule has 98 valence electrons. The Kier molecular flexibility index (Phi) is 4.04. The quantitative estimate of drug-likeness (QED) is 0.821. The minimum atomic E-state index is -0.00842. The summed E-state index contributed by atoms with van der Waals surface area (Å²) in [5.74, 6) is 0.805. The van der Waals surface area contributed by atoms with Crippen molar-refractivity contribution in [2.24, 2.45) is 5.73 Å². The fourth-order valence-electron chi connectivity index (χ4n) is 1.87. The molecule has 5 nitrogen and oxygen atoms in total. The molecule has 1 aliphatic heterocycles. The molecule has 0 radical (unpaired) electrons. The molecule has 0 saturated carbocycles. The van der Waals surface area contributed by atoms with E-state index in [9.17, 15) is 4.79 Å². The lowest BCUT2D eigenvalue weighted by Gasteiger charge is -2.14. The molecule has 1 atom stereocenters. The van der Waals surface area contributed by atoms with Crippen molar-refractivity contribution in [2.45, 2.75) is 13.0 Å². The molecule has 1 saturated heterocycles. The van der Waals surface area contributed by atoms with Gasteiger partial charge in [-0.3, -0.25) is 0 Å². The number of rotatable bonds is 5. The highest BCUT2D eigenvalue weighted by Crippen LogP contribution is 2.15. The van der Waals surface area contributed by atoms with Crippen molar-refractivity contribution >= 4 is 6.03 Å². The van der Waals surface area contributed by atoms with E-state index in [1.54, 1.807) is 4.90 Å². The van der Waals surface area contributed by atoms with Crippen LogP contribution in [0, 0.1) is 0 Å². The van der Waals surface area contributed by atoms with E-state index in [-0.39, 0.29) is 12.1 Å². The average molecular weight is 249 g/mol. The van der Waals surface area contributed by atoms with Crippen molar-refractivity contribution < 1.29 is 9.53 Å². The van der Waals surface area contributed by atoms with Crippen LogP contribution < -0.4 is 15.8 Å². The highest BCUT2D eigenvalue weighted by atomic mass is 16.5. The summed E-state index contributed by atoms with van der Waals surface area (Å²) >= 11 is 0. The molecule has 18 heavy (non-hydrogen) atoms. The number of benzene rings is 1. The number of hydrogen-bond acceptors (Lipinski definition) is 3. The summed E-state index contributed by atoms with van der Waals surface area (Å²) < 4.78 is 5.59. The molecule has 2 rings (SSSR count). The number of nitrogens with one attached hydrogen (secondary N) is 1. The van der Waals surface area contributed by atoms with E-state index >= 15 is 0 Å². The van der Waals surface area contributed by atoms with Crippen LogP contribution >= 0.6 is 0 Å². The lowest BCUT2D eigenvalue weighted by molar-refractivity contribution is 0.202. The fraction of sp³-hybridized carbons (Fsp3) is 0.462. The van der Waals surface area contributed by atoms with E-state index in [4.69, 9.17) is 10.5 Å². The summed E-state index contributed by atoms with van der Waals surface area (Å²) in [5.41, 5.74) is 6.85. The first-order valence-electron chi connectivity index (χ1n) is 6.18. The van der Waals surface area contributed by atoms with Crippen molar-refractivity contribution in [2.75, 3.05) is 26.2 Å². The van der Waals surface area contributed by atoms with Gasteiger partial charge in [0.25, 0.3) is 0 Å². The second-order valence-electron chi connectivity index (χ2n) is 4.43. The molecular formula is C13H19N3O2. The molecule has 0 spiro atoms. The summed E-state index contributed by atoms with van der Waals surface area (Å²) in [6.45, 7) is 4.54. The molecular weight excluding hydrogens is 230 g/mol. The van der Waals surface area contributed by atoms with Gasteiger partial charge in [-0.15, -0.1) is 0 Å². The highest BCUT2D eigenvalue weighted by molar-refractivity contribution is 5.76. The summed E-state index contributed by atoms with van der Waals surface area (Å²) in [6.07, 6.45) is 0. The number of nitrogens with two attached hydrogens (primary N) is 1. The smallest absolute Gasteiger partial charge is 0.317 e. The second kappa shape index (κ2) is 5.73. The van der Waals surface area contributed by atoms with Crippen LogP contribution in [0.5, 0.6) is 5.75 Å². The maximum Gasteiger partial charge on any atom is 0.317 e. The number of amides is 2. The lowest BCUT2D eigenvalue weighted by Crippen LogP contribution is -2.31. The zero-order valence-electron chi connectivity index (χ0n) is 10.6. The van der Waals surface area contributed by atoms with Crippen LogP contribution in [-0.2, 0) is 0 Å². The Morgan fingerprint density at radius 2 is 2.17 bits per heavy atom. The second-order valence-corrected chi connectivity index (χ2v) is 4.43. The SMILES string of the molecule is C[C@H](N)c1ccc(OCCN2CCNC2=O)cc1. The van der Waals surface area contributed by atoms with Crippen LogP contribution in [0.1, 0.15) is 18.5 Å². The van der Waals surface area contributed by atoms with Gasteiger partial charge in [-0.1, -0.05) is 12.1 Å². The minimum absolute atomic E-state index is 0.00842. The first-order chi connectivity index (χ1) is 8.66. The molecule has 1 aromatic rings. The van der Waals surface area contributed by atoms with Gasteiger partial charge in [-0.2, -0.15) is 0 Å². The molecule has 0 aliphatic carbocycles. The monoisotopic (exact) mass is 249 g/mol. The first kappa shape index (κ1) is 12.7. The van der Waals surface area contributed by atoms with E-state index in [1.807, 2.05) is 31.2 Å². The van der Waals surface area contributed by atoms with Crippen LogP contribution in [-0.4, -0.2) is 37.2 Å². The number of carbonyl (C=O) groups is 1. The van der Waals surface area contributed by atoms with Gasteiger partial charge in [-0.25, -0.2) is 4.79 Å². The number of nitrogens with zero attached hydrogens (tertiary/aromatic N) is 1. The Bertz CT molecular complexity index is 403. The van der Waals surface area contributed by atoms with Crippen LogP contribution in [0.3, 0.4) is 0 Å². The molecule has 1 heterocycles. The number of urea groups is 1. The summed E-state index contributed by atoms with van der Waals surface area (Å²) in [6, 6.07) is 7.76. The summed E-state index contributed by atoms with van der Waals surface area (Å²) in [5, 5.41) is 2.76. The third-order valence-electron chi connectivity index (χ3n) is 2.98. The zero-order chi connectivity index (χ0) is 13.0. The molecule has 2 amide bonds. The van der Waals surface area contributed by atoms with Crippen molar-refractivity contribution in [1.82, 2.24) is 10.2 Å². The first-order valence-corrected chi connectivity index (χ1v) is 6.18. The van der Waals surface area contributed by atoms with E-state index in [2.05, 4.69) is 5.32 Å². The number of hydrogen-bond donors (Lipinski definition) is 2. The Morgan fingerprint density at radius 1 is 1.44 bits per heavy atom.